The SMILES string of the molecule is CSCc1cccc(C(=O)NC(C)(CO)CO)c1. The summed E-state index contributed by atoms with van der Waals surface area (Å²) in [4.78, 5) is 12.0. The molecule has 0 aromatic heterocycles. The van der Waals surface area contributed by atoms with Gasteiger partial charge in [-0.05, 0) is 30.9 Å². The van der Waals surface area contributed by atoms with Crippen molar-refractivity contribution in [2.75, 3.05) is 19.5 Å². The lowest BCUT2D eigenvalue weighted by Crippen LogP contribution is -2.51. The Balaban J connectivity index is 2.81. The van der Waals surface area contributed by atoms with Gasteiger partial charge in [0.1, 0.15) is 0 Å². The zero-order chi connectivity index (χ0) is 13.6. The molecule has 1 aromatic carbocycles. The monoisotopic (exact) mass is 269 g/mol. The van der Waals surface area contributed by atoms with Gasteiger partial charge in [-0.15, -0.1) is 0 Å². The molecule has 1 amide bonds. The molecule has 0 aliphatic carbocycles. The lowest BCUT2D eigenvalue weighted by Gasteiger charge is -2.26. The van der Waals surface area contributed by atoms with Crippen molar-refractivity contribution < 1.29 is 15.0 Å². The van der Waals surface area contributed by atoms with E-state index in [4.69, 9.17) is 10.2 Å². The lowest BCUT2D eigenvalue weighted by atomic mass is 10.0. The highest BCUT2D eigenvalue weighted by molar-refractivity contribution is 7.97. The number of benzene rings is 1. The molecule has 0 saturated carbocycles. The predicted molar refractivity (Wildman–Crippen MR) is 73.7 cm³/mol. The number of amides is 1. The third-order valence-corrected chi connectivity index (χ3v) is 3.24. The zero-order valence-electron chi connectivity index (χ0n) is 10.6. The van der Waals surface area contributed by atoms with E-state index >= 15 is 0 Å². The number of nitrogens with one attached hydrogen (secondary N) is 1. The van der Waals surface area contributed by atoms with Crippen LogP contribution in [-0.4, -0.2) is 41.1 Å². The summed E-state index contributed by atoms with van der Waals surface area (Å²) >= 11 is 1.69. The van der Waals surface area contributed by atoms with Gasteiger partial charge in [-0.2, -0.15) is 11.8 Å². The van der Waals surface area contributed by atoms with Crippen molar-refractivity contribution in [2.24, 2.45) is 0 Å². The van der Waals surface area contributed by atoms with E-state index in [0.717, 1.165) is 11.3 Å². The maximum absolute atomic E-state index is 12.0. The van der Waals surface area contributed by atoms with Crippen molar-refractivity contribution in [3.8, 4) is 0 Å². The van der Waals surface area contributed by atoms with Crippen LogP contribution < -0.4 is 5.32 Å². The molecule has 100 valence electrons. The molecule has 0 unspecified atom stereocenters. The number of thioether (sulfide) groups is 1. The van der Waals surface area contributed by atoms with Crippen LogP contribution in [0, 0.1) is 0 Å². The molecule has 18 heavy (non-hydrogen) atoms. The summed E-state index contributed by atoms with van der Waals surface area (Å²) in [6.07, 6.45) is 2.00. The van der Waals surface area contributed by atoms with Gasteiger partial charge in [0.25, 0.3) is 5.91 Å². The minimum absolute atomic E-state index is 0.288. The van der Waals surface area contributed by atoms with Crippen molar-refractivity contribution in [1.82, 2.24) is 5.32 Å². The summed E-state index contributed by atoms with van der Waals surface area (Å²) < 4.78 is 0. The molecular weight excluding hydrogens is 250 g/mol. The molecule has 4 nitrogen and oxygen atoms in total. The fraction of sp³-hybridized carbons (Fsp3) is 0.462. The van der Waals surface area contributed by atoms with Crippen LogP contribution in [0.2, 0.25) is 0 Å². The van der Waals surface area contributed by atoms with E-state index in [0.29, 0.717) is 5.56 Å². The number of rotatable bonds is 6. The average Bonchev–Trinajstić information content (AvgIpc) is 2.39. The van der Waals surface area contributed by atoms with Gasteiger partial charge in [0.15, 0.2) is 0 Å². The summed E-state index contributed by atoms with van der Waals surface area (Å²) in [7, 11) is 0. The Bertz CT molecular complexity index is 405. The molecule has 0 heterocycles. The second-order valence-electron chi connectivity index (χ2n) is 4.46. The molecule has 0 aliphatic heterocycles. The first kappa shape index (κ1) is 15.0. The van der Waals surface area contributed by atoms with E-state index in [1.54, 1.807) is 24.8 Å². The molecular formula is C13H19NO3S. The Morgan fingerprint density at radius 2 is 2.06 bits per heavy atom. The number of aliphatic hydroxyl groups is 2. The molecule has 5 heteroatoms. The van der Waals surface area contributed by atoms with Crippen LogP contribution in [0.4, 0.5) is 0 Å². The molecule has 1 rings (SSSR count). The fourth-order valence-corrected chi connectivity index (χ4v) is 1.96. The van der Waals surface area contributed by atoms with E-state index in [2.05, 4.69) is 5.32 Å². The van der Waals surface area contributed by atoms with Crippen LogP contribution in [0.15, 0.2) is 24.3 Å². The van der Waals surface area contributed by atoms with E-state index in [1.165, 1.54) is 0 Å². The van der Waals surface area contributed by atoms with Gasteiger partial charge >= 0.3 is 0 Å². The summed E-state index contributed by atoms with van der Waals surface area (Å²) in [5.41, 5.74) is 0.617. The Kier molecular flexibility index (Phi) is 5.65. The van der Waals surface area contributed by atoms with E-state index < -0.39 is 5.54 Å². The largest absolute Gasteiger partial charge is 0.394 e. The number of carbonyl (C=O) groups excluding carboxylic acids is 1. The first-order chi connectivity index (χ1) is 8.54. The highest BCUT2D eigenvalue weighted by Crippen LogP contribution is 2.12. The van der Waals surface area contributed by atoms with Gasteiger partial charge in [0.05, 0.1) is 18.8 Å². The molecule has 0 saturated heterocycles. The Morgan fingerprint density at radius 1 is 1.39 bits per heavy atom. The maximum atomic E-state index is 12.0. The van der Waals surface area contributed by atoms with E-state index in [-0.39, 0.29) is 19.1 Å². The minimum atomic E-state index is -0.993. The Morgan fingerprint density at radius 3 is 2.61 bits per heavy atom. The quantitative estimate of drug-likeness (QED) is 0.721. The number of hydrogen-bond acceptors (Lipinski definition) is 4. The maximum Gasteiger partial charge on any atom is 0.251 e. The van der Waals surface area contributed by atoms with Crippen molar-refractivity contribution >= 4 is 17.7 Å². The highest BCUT2D eigenvalue weighted by Gasteiger charge is 2.25. The third-order valence-electron chi connectivity index (χ3n) is 2.61. The Labute approximate surface area is 111 Å². The lowest BCUT2D eigenvalue weighted by molar-refractivity contribution is 0.0724. The molecule has 0 atom stereocenters. The molecule has 3 N–H and O–H groups in total. The third kappa shape index (κ3) is 4.01. The molecule has 0 bridgehead atoms. The molecule has 0 radical (unpaired) electrons. The van der Waals surface area contributed by atoms with Crippen molar-refractivity contribution in [3.05, 3.63) is 35.4 Å². The second-order valence-corrected chi connectivity index (χ2v) is 5.33. The summed E-state index contributed by atoms with van der Waals surface area (Å²) in [5.74, 6) is 0.557. The van der Waals surface area contributed by atoms with Crippen molar-refractivity contribution in [3.63, 3.8) is 0 Å². The topological polar surface area (TPSA) is 69.6 Å². The van der Waals surface area contributed by atoms with Crippen LogP contribution >= 0.6 is 11.8 Å². The first-order valence-electron chi connectivity index (χ1n) is 5.67. The highest BCUT2D eigenvalue weighted by atomic mass is 32.2. The van der Waals surface area contributed by atoms with Gasteiger partial charge in [0.2, 0.25) is 0 Å². The van der Waals surface area contributed by atoms with Crippen molar-refractivity contribution in [1.29, 1.82) is 0 Å². The smallest absolute Gasteiger partial charge is 0.251 e. The first-order valence-corrected chi connectivity index (χ1v) is 7.06. The van der Waals surface area contributed by atoms with Crippen LogP contribution in [0.3, 0.4) is 0 Å². The van der Waals surface area contributed by atoms with Gasteiger partial charge < -0.3 is 15.5 Å². The van der Waals surface area contributed by atoms with Crippen LogP contribution in [0.1, 0.15) is 22.8 Å². The molecule has 1 aromatic rings. The van der Waals surface area contributed by atoms with E-state index in [1.807, 2.05) is 24.5 Å². The Hall–Kier alpha value is -1.04. The summed E-state index contributed by atoms with van der Waals surface area (Å²) in [5, 5.41) is 20.9. The number of carbonyl (C=O) groups is 1. The summed E-state index contributed by atoms with van der Waals surface area (Å²) in [6.45, 7) is 0.982. The second kappa shape index (κ2) is 6.78. The standard InChI is InChI=1S/C13H19NO3S/c1-13(8-15,9-16)14-12(17)11-5-3-4-10(6-11)7-18-2/h3-6,15-16H,7-9H2,1-2H3,(H,14,17). The fourth-order valence-electron chi connectivity index (χ4n) is 1.44. The van der Waals surface area contributed by atoms with Gasteiger partial charge in [-0.3, -0.25) is 4.79 Å². The van der Waals surface area contributed by atoms with Gasteiger partial charge in [0, 0.05) is 11.3 Å². The molecule has 0 aliphatic rings. The zero-order valence-corrected chi connectivity index (χ0v) is 11.5. The van der Waals surface area contributed by atoms with Crippen molar-refractivity contribution in [2.45, 2.75) is 18.2 Å². The number of hydrogen-bond donors (Lipinski definition) is 3. The molecule has 0 fully saturated rings. The normalized spacial score (nSPS) is 11.3. The van der Waals surface area contributed by atoms with E-state index in [9.17, 15) is 4.79 Å². The van der Waals surface area contributed by atoms with Crippen LogP contribution in [-0.2, 0) is 5.75 Å². The molecule has 0 spiro atoms. The predicted octanol–water partition coefficient (Wildman–Crippen LogP) is 1.02. The van der Waals surface area contributed by atoms with Gasteiger partial charge in [-0.25, -0.2) is 0 Å². The van der Waals surface area contributed by atoms with Crippen LogP contribution in [0.25, 0.3) is 0 Å². The average molecular weight is 269 g/mol. The number of aliphatic hydroxyl groups excluding tert-OH is 2. The van der Waals surface area contributed by atoms with Crippen LogP contribution in [0.5, 0.6) is 0 Å². The minimum Gasteiger partial charge on any atom is -0.394 e. The summed E-state index contributed by atoms with van der Waals surface area (Å²) in [6, 6.07) is 7.33. The van der Waals surface area contributed by atoms with Gasteiger partial charge in [-0.1, -0.05) is 12.1 Å².